The van der Waals surface area contributed by atoms with E-state index >= 15 is 0 Å². The van der Waals surface area contributed by atoms with Crippen LogP contribution in [0.4, 0.5) is 0 Å². The van der Waals surface area contributed by atoms with Crippen molar-refractivity contribution in [1.29, 1.82) is 0 Å². The fourth-order valence-corrected chi connectivity index (χ4v) is 2.80. The first kappa shape index (κ1) is 26.5. The molecule has 0 aliphatic heterocycles. The molecule has 0 bridgehead atoms. The van der Waals surface area contributed by atoms with Gasteiger partial charge in [0.25, 0.3) is 0 Å². The summed E-state index contributed by atoms with van der Waals surface area (Å²) in [5.74, 6) is 1.94. The molecule has 0 saturated heterocycles. The predicted molar refractivity (Wildman–Crippen MR) is 113 cm³/mol. The van der Waals surface area contributed by atoms with E-state index in [2.05, 4.69) is 26.1 Å². The van der Waals surface area contributed by atoms with Crippen LogP contribution in [0, 0.1) is 0 Å². The van der Waals surface area contributed by atoms with E-state index in [-0.39, 0.29) is 31.9 Å². The van der Waals surface area contributed by atoms with Crippen LogP contribution in [0.3, 0.4) is 0 Å². The molecule has 0 radical (unpaired) electrons. The lowest BCUT2D eigenvalue weighted by atomic mass is 10.0. The third-order valence-corrected chi connectivity index (χ3v) is 4.35. The molecule has 176 valence electrons. The Morgan fingerprint density at radius 3 is 2.38 bits per heavy atom. The second-order valence-corrected chi connectivity index (χ2v) is 6.86. The average Bonchev–Trinajstić information content (AvgIpc) is 2.76. The van der Waals surface area contributed by atoms with Gasteiger partial charge in [-0.3, -0.25) is 24.0 Å². The molecule has 0 unspecified atom stereocenters. The Morgan fingerprint density at radius 1 is 1.03 bits per heavy atom. The number of hydrogen-bond acceptors (Lipinski definition) is 7. The van der Waals surface area contributed by atoms with Crippen LogP contribution in [0.2, 0.25) is 0 Å². The summed E-state index contributed by atoms with van der Waals surface area (Å²) in [4.78, 5) is 62.2. The zero-order chi connectivity index (χ0) is 23.8. The second-order valence-electron chi connectivity index (χ2n) is 6.86. The Balaban J connectivity index is 2.67. The number of hydrogen-bond donors (Lipinski definition) is 6. The third-order valence-electron chi connectivity index (χ3n) is 4.35. The first-order chi connectivity index (χ1) is 15.4. The lowest BCUT2D eigenvalue weighted by Gasteiger charge is -2.22. The summed E-state index contributed by atoms with van der Waals surface area (Å²) in [5.41, 5.74) is 0.764. The molecule has 0 aromatic heterocycles. The maximum atomic E-state index is 12.8. The Hall–Kier alpha value is -3.51. The molecule has 1 aromatic carbocycles. The van der Waals surface area contributed by atoms with Crippen molar-refractivity contribution in [2.75, 3.05) is 19.7 Å². The van der Waals surface area contributed by atoms with Crippen LogP contribution >= 0.6 is 0 Å². The van der Waals surface area contributed by atoms with Gasteiger partial charge in [0.1, 0.15) is 18.7 Å². The van der Waals surface area contributed by atoms with Crippen LogP contribution in [-0.2, 0) is 35.2 Å². The summed E-state index contributed by atoms with van der Waals surface area (Å²) in [6, 6.07) is 6.70. The van der Waals surface area contributed by atoms with Crippen LogP contribution in [0.1, 0.15) is 24.8 Å². The van der Waals surface area contributed by atoms with Crippen LogP contribution < -0.4 is 27.2 Å². The molecule has 1 aromatic rings. The maximum absolute atomic E-state index is 12.8. The molecule has 0 fully saturated rings. The van der Waals surface area contributed by atoms with E-state index in [0.717, 1.165) is 5.56 Å². The van der Waals surface area contributed by atoms with Gasteiger partial charge < -0.3 is 26.4 Å². The number of carboxylic acid groups (broad SMARTS) is 1. The van der Waals surface area contributed by atoms with Crippen LogP contribution in [0.5, 0.6) is 0 Å². The van der Waals surface area contributed by atoms with E-state index in [0.29, 0.717) is 25.8 Å². The molecule has 0 aliphatic rings. The summed E-state index contributed by atoms with van der Waals surface area (Å²) in [6.45, 7) is -0.283. The number of carboxylic acids is 1. The van der Waals surface area contributed by atoms with Crippen molar-refractivity contribution in [3.8, 4) is 0 Å². The normalized spacial score (nSPS) is 12.2. The van der Waals surface area contributed by atoms with Gasteiger partial charge in [0.15, 0.2) is 0 Å². The Labute approximate surface area is 185 Å². The van der Waals surface area contributed by atoms with Crippen LogP contribution in [-0.4, -0.2) is 67.0 Å². The highest BCUT2D eigenvalue weighted by molar-refractivity contribution is 5.91. The molecule has 0 spiro atoms. The summed E-state index contributed by atoms with van der Waals surface area (Å²) >= 11 is 0. The average molecular weight is 451 g/mol. The number of amides is 4. The molecule has 2 atom stereocenters. The molecule has 0 heterocycles. The first-order valence-electron chi connectivity index (χ1n) is 9.99. The summed E-state index contributed by atoms with van der Waals surface area (Å²) in [5, 5.41) is 19.2. The molecule has 0 aliphatic carbocycles. The topological polar surface area (TPSA) is 189 Å². The number of carbonyl (C=O) groups excluding carboxylic acids is 4. The Bertz CT molecular complexity index is 760. The monoisotopic (exact) mass is 451 g/mol. The van der Waals surface area contributed by atoms with Crippen molar-refractivity contribution < 1.29 is 33.9 Å². The smallest absolute Gasteiger partial charge is 0.326 e. The number of nitrogens with two attached hydrogens (primary N) is 1. The standard InChI is InChI=1S/C20H29N5O7/c21-32-12-18(28)23-9-5-4-8-15(20(30)31)25-19(29)16(24-17(27)11-22-13-26)10-14-6-2-1-3-7-14/h1-3,6-7,13,15-16H,4-5,8-12,21H2,(H,22,26)(H,23,28)(H,24,27)(H,25,29)(H,30,31)/t15-,16-/m0/s1. The van der Waals surface area contributed by atoms with Crippen molar-refractivity contribution in [2.45, 2.75) is 37.8 Å². The molecular weight excluding hydrogens is 422 g/mol. The van der Waals surface area contributed by atoms with E-state index in [1.165, 1.54) is 0 Å². The number of aliphatic carboxylic acids is 1. The number of benzene rings is 1. The molecule has 12 nitrogen and oxygen atoms in total. The second kappa shape index (κ2) is 15.3. The van der Waals surface area contributed by atoms with Gasteiger partial charge in [-0.15, -0.1) is 0 Å². The highest BCUT2D eigenvalue weighted by atomic mass is 16.6. The van der Waals surface area contributed by atoms with Gasteiger partial charge in [-0.2, -0.15) is 0 Å². The van der Waals surface area contributed by atoms with Gasteiger partial charge in [0.05, 0.1) is 6.54 Å². The molecule has 7 N–H and O–H groups in total. The van der Waals surface area contributed by atoms with Gasteiger partial charge in [0, 0.05) is 13.0 Å². The third kappa shape index (κ3) is 11.0. The minimum absolute atomic E-state index is 0.128. The van der Waals surface area contributed by atoms with E-state index in [9.17, 15) is 29.1 Å². The molecule has 12 heteroatoms. The fraction of sp³-hybridized carbons (Fsp3) is 0.450. The number of unbranched alkanes of at least 4 members (excludes halogenated alkanes) is 1. The number of nitrogens with one attached hydrogen (secondary N) is 4. The van der Waals surface area contributed by atoms with E-state index in [1.807, 2.05) is 0 Å². The van der Waals surface area contributed by atoms with Gasteiger partial charge in [-0.05, 0) is 24.8 Å². The molecule has 0 saturated carbocycles. The lowest BCUT2D eigenvalue weighted by molar-refractivity contribution is -0.142. The van der Waals surface area contributed by atoms with Crippen LogP contribution in [0.15, 0.2) is 30.3 Å². The SMILES string of the molecule is NOCC(=O)NCCCC[C@H](NC(=O)[C@H](Cc1ccccc1)NC(=O)CNC=O)C(=O)O. The van der Waals surface area contributed by atoms with Crippen molar-refractivity contribution in [1.82, 2.24) is 21.3 Å². The Morgan fingerprint density at radius 2 is 1.75 bits per heavy atom. The zero-order valence-corrected chi connectivity index (χ0v) is 17.5. The number of rotatable bonds is 16. The van der Waals surface area contributed by atoms with Gasteiger partial charge in [0.2, 0.25) is 24.1 Å². The fourth-order valence-electron chi connectivity index (χ4n) is 2.80. The summed E-state index contributed by atoms with van der Waals surface area (Å²) in [6.07, 6.45) is 1.53. The summed E-state index contributed by atoms with van der Waals surface area (Å²) in [7, 11) is 0. The van der Waals surface area contributed by atoms with Crippen LogP contribution in [0.25, 0.3) is 0 Å². The quantitative estimate of drug-likeness (QED) is 0.0964. The van der Waals surface area contributed by atoms with Crippen molar-refractivity contribution in [3.05, 3.63) is 35.9 Å². The zero-order valence-electron chi connectivity index (χ0n) is 17.5. The highest BCUT2D eigenvalue weighted by Gasteiger charge is 2.26. The maximum Gasteiger partial charge on any atom is 0.326 e. The molecule has 1 rings (SSSR count). The van der Waals surface area contributed by atoms with E-state index in [1.54, 1.807) is 30.3 Å². The van der Waals surface area contributed by atoms with Crippen molar-refractivity contribution in [3.63, 3.8) is 0 Å². The predicted octanol–water partition coefficient (Wildman–Crippen LogP) is -1.79. The van der Waals surface area contributed by atoms with Crippen molar-refractivity contribution >= 4 is 30.1 Å². The van der Waals surface area contributed by atoms with Gasteiger partial charge in [-0.1, -0.05) is 30.3 Å². The van der Waals surface area contributed by atoms with E-state index < -0.39 is 29.9 Å². The lowest BCUT2D eigenvalue weighted by Crippen LogP contribution is -2.53. The van der Waals surface area contributed by atoms with Gasteiger partial charge in [-0.25, -0.2) is 10.7 Å². The van der Waals surface area contributed by atoms with E-state index in [4.69, 9.17) is 5.90 Å². The van der Waals surface area contributed by atoms with Gasteiger partial charge >= 0.3 is 5.97 Å². The minimum atomic E-state index is -1.22. The largest absolute Gasteiger partial charge is 0.480 e. The first-order valence-corrected chi connectivity index (χ1v) is 9.99. The molecule has 4 amide bonds. The minimum Gasteiger partial charge on any atom is -0.480 e. The highest BCUT2D eigenvalue weighted by Crippen LogP contribution is 2.06. The number of carbonyl (C=O) groups is 5. The molecule has 32 heavy (non-hydrogen) atoms. The molecular formula is C20H29N5O7. The summed E-state index contributed by atoms with van der Waals surface area (Å²) < 4.78 is 0. The van der Waals surface area contributed by atoms with Crippen molar-refractivity contribution in [2.24, 2.45) is 5.90 Å². The Kier molecular flexibility index (Phi) is 12.7.